The second-order valence-corrected chi connectivity index (χ2v) is 7.32. The molecule has 2 atom stereocenters. The molecule has 108 valence electrons. The lowest BCUT2D eigenvalue weighted by molar-refractivity contribution is 0.116. The Morgan fingerprint density at radius 3 is 2.17 bits per heavy atom. The molecule has 0 spiro atoms. The van der Waals surface area contributed by atoms with Gasteiger partial charge in [0.1, 0.15) is 0 Å². The number of hydrogen-bond donors (Lipinski definition) is 1. The Morgan fingerprint density at radius 1 is 1.11 bits per heavy atom. The summed E-state index contributed by atoms with van der Waals surface area (Å²) in [6.45, 7) is 9.43. The molecule has 0 aliphatic heterocycles. The molecule has 0 aromatic heterocycles. The predicted octanol–water partition coefficient (Wildman–Crippen LogP) is 5.28. The molecule has 1 aliphatic carbocycles. The van der Waals surface area contributed by atoms with Crippen LogP contribution in [0.3, 0.4) is 0 Å². The molecule has 0 heterocycles. The summed E-state index contributed by atoms with van der Waals surface area (Å²) in [7, 11) is 0. The standard InChI is InChI=1S/C17H35N/c1-5-10-15(2)11-14-17(4,18)16(3)12-8-6-7-9-13-16/h15H,5-14,18H2,1-4H3. The van der Waals surface area contributed by atoms with Gasteiger partial charge in [-0.15, -0.1) is 0 Å². The van der Waals surface area contributed by atoms with Crippen LogP contribution in [0.5, 0.6) is 0 Å². The van der Waals surface area contributed by atoms with Gasteiger partial charge in [0.05, 0.1) is 0 Å². The van der Waals surface area contributed by atoms with Gasteiger partial charge in [-0.05, 0) is 43.9 Å². The van der Waals surface area contributed by atoms with Gasteiger partial charge in [0, 0.05) is 5.54 Å². The largest absolute Gasteiger partial charge is 0.325 e. The lowest BCUT2D eigenvalue weighted by Crippen LogP contribution is -2.51. The first-order valence-corrected chi connectivity index (χ1v) is 8.20. The van der Waals surface area contributed by atoms with Crippen LogP contribution in [-0.2, 0) is 0 Å². The minimum absolute atomic E-state index is 0.0271. The fraction of sp³-hybridized carbons (Fsp3) is 1.00. The molecule has 0 amide bonds. The van der Waals surface area contributed by atoms with E-state index in [-0.39, 0.29) is 5.54 Å². The van der Waals surface area contributed by atoms with Gasteiger partial charge in [-0.2, -0.15) is 0 Å². The second-order valence-electron chi connectivity index (χ2n) is 7.32. The average molecular weight is 253 g/mol. The maximum absolute atomic E-state index is 6.74. The van der Waals surface area contributed by atoms with E-state index in [0.717, 1.165) is 5.92 Å². The molecule has 2 unspecified atom stereocenters. The van der Waals surface area contributed by atoms with Gasteiger partial charge in [0.2, 0.25) is 0 Å². The molecule has 1 saturated carbocycles. The van der Waals surface area contributed by atoms with Crippen LogP contribution in [0.25, 0.3) is 0 Å². The molecular formula is C17H35N. The first-order chi connectivity index (χ1) is 8.41. The fourth-order valence-corrected chi connectivity index (χ4v) is 3.57. The maximum atomic E-state index is 6.74. The highest BCUT2D eigenvalue weighted by molar-refractivity contribution is 4.97. The highest BCUT2D eigenvalue weighted by Gasteiger charge is 2.40. The maximum Gasteiger partial charge on any atom is 0.0180 e. The molecule has 1 rings (SSSR count). The third-order valence-corrected chi connectivity index (χ3v) is 5.52. The summed E-state index contributed by atoms with van der Waals surface area (Å²) in [5.41, 5.74) is 7.14. The lowest BCUT2D eigenvalue weighted by Gasteiger charge is -2.44. The quantitative estimate of drug-likeness (QED) is 0.640. The SMILES string of the molecule is CCCC(C)CCC(C)(N)C1(C)CCCCCC1. The first kappa shape index (κ1) is 16.0. The van der Waals surface area contributed by atoms with Crippen molar-refractivity contribution in [2.75, 3.05) is 0 Å². The van der Waals surface area contributed by atoms with E-state index in [2.05, 4.69) is 27.7 Å². The van der Waals surface area contributed by atoms with Gasteiger partial charge in [0.25, 0.3) is 0 Å². The van der Waals surface area contributed by atoms with E-state index in [4.69, 9.17) is 5.73 Å². The van der Waals surface area contributed by atoms with Gasteiger partial charge in [-0.1, -0.05) is 59.3 Å². The van der Waals surface area contributed by atoms with Crippen LogP contribution < -0.4 is 5.73 Å². The summed E-state index contributed by atoms with van der Waals surface area (Å²) < 4.78 is 0. The van der Waals surface area contributed by atoms with Gasteiger partial charge >= 0.3 is 0 Å². The number of rotatable bonds is 6. The summed E-state index contributed by atoms with van der Waals surface area (Å²) in [6, 6.07) is 0. The Balaban J connectivity index is 2.54. The van der Waals surface area contributed by atoms with E-state index in [9.17, 15) is 0 Å². The Hall–Kier alpha value is -0.0400. The zero-order valence-corrected chi connectivity index (χ0v) is 13.2. The van der Waals surface area contributed by atoms with Gasteiger partial charge in [0.15, 0.2) is 0 Å². The summed E-state index contributed by atoms with van der Waals surface area (Å²) in [5.74, 6) is 0.840. The zero-order chi connectivity index (χ0) is 13.6. The van der Waals surface area contributed by atoms with Gasteiger partial charge < -0.3 is 5.73 Å². The molecule has 0 aromatic carbocycles. The molecule has 0 aromatic rings. The second kappa shape index (κ2) is 6.93. The lowest BCUT2D eigenvalue weighted by atomic mass is 9.65. The normalized spacial score (nSPS) is 25.2. The first-order valence-electron chi connectivity index (χ1n) is 8.20. The highest BCUT2D eigenvalue weighted by atomic mass is 14.8. The Bertz CT molecular complexity index is 224. The van der Waals surface area contributed by atoms with E-state index in [0.29, 0.717) is 5.41 Å². The van der Waals surface area contributed by atoms with Crippen molar-refractivity contribution < 1.29 is 0 Å². The molecule has 0 bridgehead atoms. The summed E-state index contributed by atoms with van der Waals surface area (Å²) >= 11 is 0. The van der Waals surface area contributed by atoms with E-state index in [1.165, 1.54) is 64.2 Å². The van der Waals surface area contributed by atoms with Crippen molar-refractivity contribution in [3.05, 3.63) is 0 Å². The smallest absolute Gasteiger partial charge is 0.0180 e. The van der Waals surface area contributed by atoms with E-state index in [1.807, 2.05) is 0 Å². The third kappa shape index (κ3) is 4.26. The van der Waals surface area contributed by atoms with E-state index in [1.54, 1.807) is 0 Å². The van der Waals surface area contributed by atoms with Crippen molar-refractivity contribution >= 4 is 0 Å². The minimum atomic E-state index is 0.0271. The van der Waals surface area contributed by atoms with Gasteiger partial charge in [-0.3, -0.25) is 0 Å². The van der Waals surface area contributed by atoms with Crippen LogP contribution >= 0.6 is 0 Å². The molecular weight excluding hydrogens is 218 g/mol. The number of hydrogen-bond acceptors (Lipinski definition) is 1. The molecule has 0 saturated heterocycles. The molecule has 1 fully saturated rings. The van der Waals surface area contributed by atoms with Crippen molar-refractivity contribution in [3.8, 4) is 0 Å². The van der Waals surface area contributed by atoms with Gasteiger partial charge in [-0.25, -0.2) is 0 Å². The van der Waals surface area contributed by atoms with Crippen molar-refractivity contribution in [2.24, 2.45) is 17.1 Å². The van der Waals surface area contributed by atoms with Crippen molar-refractivity contribution in [2.45, 2.75) is 97.4 Å². The molecule has 1 nitrogen and oxygen atoms in total. The van der Waals surface area contributed by atoms with Crippen molar-refractivity contribution in [1.29, 1.82) is 0 Å². The predicted molar refractivity (Wildman–Crippen MR) is 81.7 cm³/mol. The average Bonchev–Trinajstić information content (AvgIpc) is 2.53. The topological polar surface area (TPSA) is 26.0 Å². The molecule has 18 heavy (non-hydrogen) atoms. The molecule has 0 radical (unpaired) electrons. The fourth-order valence-electron chi connectivity index (χ4n) is 3.57. The summed E-state index contributed by atoms with van der Waals surface area (Å²) in [6.07, 6.45) is 13.4. The third-order valence-electron chi connectivity index (χ3n) is 5.52. The number of nitrogens with two attached hydrogens (primary N) is 1. The highest BCUT2D eigenvalue weighted by Crippen LogP contribution is 2.44. The van der Waals surface area contributed by atoms with Crippen LogP contribution in [0.15, 0.2) is 0 Å². The van der Waals surface area contributed by atoms with Crippen molar-refractivity contribution in [3.63, 3.8) is 0 Å². The van der Waals surface area contributed by atoms with Crippen LogP contribution in [-0.4, -0.2) is 5.54 Å². The minimum Gasteiger partial charge on any atom is -0.325 e. The Labute approximate surface area is 115 Å². The van der Waals surface area contributed by atoms with Crippen LogP contribution in [0, 0.1) is 11.3 Å². The molecule has 1 aliphatic rings. The van der Waals surface area contributed by atoms with Crippen molar-refractivity contribution in [1.82, 2.24) is 0 Å². The van der Waals surface area contributed by atoms with E-state index >= 15 is 0 Å². The van der Waals surface area contributed by atoms with Crippen LogP contribution in [0.1, 0.15) is 91.9 Å². The molecule has 1 heteroatoms. The monoisotopic (exact) mass is 253 g/mol. The van der Waals surface area contributed by atoms with Crippen LogP contribution in [0.4, 0.5) is 0 Å². The summed E-state index contributed by atoms with van der Waals surface area (Å²) in [5, 5.41) is 0. The zero-order valence-electron chi connectivity index (χ0n) is 13.2. The summed E-state index contributed by atoms with van der Waals surface area (Å²) in [4.78, 5) is 0. The van der Waals surface area contributed by atoms with Crippen LogP contribution in [0.2, 0.25) is 0 Å². The molecule has 2 N–H and O–H groups in total. The Kier molecular flexibility index (Phi) is 6.17. The Morgan fingerprint density at radius 2 is 1.67 bits per heavy atom. The van der Waals surface area contributed by atoms with E-state index < -0.39 is 0 Å².